The van der Waals surface area contributed by atoms with Crippen molar-refractivity contribution in [1.82, 2.24) is 10.3 Å². The fourth-order valence-electron chi connectivity index (χ4n) is 3.24. The molecule has 1 heterocycles. The SMILES string of the molecule is CC(C)Cc1ccc(C(C)NC(=O)Cc2c[nH]c3ccccc23)cc1. The molecule has 0 saturated carbocycles. The van der Waals surface area contributed by atoms with Crippen LogP contribution in [0.3, 0.4) is 0 Å². The summed E-state index contributed by atoms with van der Waals surface area (Å²) in [5.41, 5.74) is 4.59. The number of carbonyl (C=O) groups excluding carboxylic acids is 1. The molecule has 0 aliphatic carbocycles. The number of aromatic amines is 1. The van der Waals surface area contributed by atoms with E-state index in [1.165, 1.54) is 5.56 Å². The van der Waals surface area contributed by atoms with Gasteiger partial charge in [-0.15, -0.1) is 0 Å². The number of rotatable bonds is 6. The van der Waals surface area contributed by atoms with Crippen LogP contribution in [0.4, 0.5) is 0 Å². The van der Waals surface area contributed by atoms with Crippen LogP contribution >= 0.6 is 0 Å². The number of nitrogens with one attached hydrogen (secondary N) is 2. The number of hydrogen-bond acceptors (Lipinski definition) is 1. The molecule has 130 valence electrons. The van der Waals surface area contributed by atoms with Gasteiger partial charge in [0.2, 0.25) is 5.91 Å². The van der Waals surface area contributed by atoms with Gasteiger partial charge in [0.25, 0.3) is 0 Å². The summed E-state index contributed by atoms with van der Waals surface area (Å²) in [6.07, 6.45) is 3.40. The van der Waals surface area contributed by atoms with E-state index in [0.717, 1.165) is 28.5 Å². The Bertz CT molecular complexity index is 846. The van der Waals surface area contributed by atoms with Gasteiger partial charge in [-0.25, -0.2) is 0 Å². The average molecular weight is 334 g/mol. The number of aromatic nitrogens is 1. The molecule has 0 fully saturated rings. The van der Waals surface area contributed by atoms with E-state index in [9.17, 15) is 4.79 Å². The maximum Gasteiger partial charge on any atom is 0.224 e. The van der Waals surface area contributed by atoms with Crippen molar-refractivity contribution in [1.29, 1.82) is 0 Å². The molecule has 1 unspecified atom stereocenters. The summed E-state index contributed by atoms with van der Waals surface area (Å²) in [7, 11) is 0. The topological polar surface area (TPSA) is 44.9 Å². The van der Waals surface area contributed by atoms with Gasteiger partial charge in [-0.2, -0.15) is 0 Å². The predicted molar refractivity (Wildman–Crippen MR) is 104 cm³/mol. The minimum atomic E-state index is 0.00538. The third-order valence-corrected chi connectivity index (χ3v) is 4.53. The number of hydrogen-bond donors (Lipinski definition) is 2. The van der Waals surface area contributed by atoms with E-state index in [-0.39, 0.29) is 11.9 Å². The molecule has 0 spiro atoms. The fourth-order valence-corrected chi connectivity index (χ4v) is 3.24. The zero-order valence-corrected chi connectivity index (χ0v) is 15.2. The molecule has 1 atom stereocenters. The zero-order chi connectivity index (χ0) is 17.8. The van der Waals surface area contributed by atoms with Gasteiger partial charge in [-0.3, -0.25) is 4.79 Å². The Balaban J connectivity index is 1.62. The lowest BCUT2D eigenvalue weighted by Crippen LogP contribution is -2.28. The van der Waals surface area contributed by atoms with E-state index >= 15 is 0 Å². The molecule has 0 saturated heterocycles. The molecule has 25 heavy (non-hydrogen) atoms. The van der Waals surface area contributed by atoms with E-state index in [2.05, 4.69) is 48.4 Å². The number of amides is 1. The van der Waals surface area contributed by atoms with Crippen molar-refractivity contribution in [3.63, 3.8) is 0 Å². The highest BCUT2D eigenvalue weighted by atomic mass is 16.1. The van der Waals surface area contributed by atoms with E-state index in [1.54, 1.807) is 0 Å². The molecule has 3 rings (SSSR count). The normalized spacial score (nSPS) is 12.5. The largest absolute Gasteiger partial charge is 0.361 e. The fraction of sp³-hybridized carbons (Fsp3) is 0.318. The first-order valence-electron chi connectivity index (χ1n) is 8.96. The van der Waals surface area contributed by atoms with Crippen molar-refractivity contribution in [2.75, 3.05) is 0 Å². The van der Waals surface area contributed by atoms with Gasteiger partial charge < -0.3 is 10.3 Å². The van der Waals surface area contributed by atoms with Crippen molar-refractivity contribution in [2.24, 2.45) is 5.92 Å². The molecule has 3 nitrogen and oxygen atoms in total. The molecule has 2 N–H and O–H groups in total. The molecule has 3 heteroatoms. The summed E-state index contributed by atoms with van der Waals surface area (Å²) in [6, 6.07) is 16.6. The molecule has 0 radical (unpaired) electrons. The molecular weight excluding hydrogens is 308 g/mol. The van der Waals surface area contributed by atoms with Crippen LogP contribution in [0.1, 0.15) is 43.5 Å². The highest BCUT2D eigenvalue weighted by Crippen LogP contribution is 2.19. The first-order valence-corrected chi connectivity index (χ1v) is 8.96. The smallest absolute Gasteiger partial charge is 0.224 e. The van der Waals surface area contributed by atoms with Crippen LogP contribution < -0.4 is 5.32 Å². The first-order chi connectivity index (χ1) is 12.0. The van der Waals surface area contributed by atoms with Crippen LogP contribution in [0.5, 0.6) is 0 Å². The third kappa shape index (κ3) is 4.30. The van der Waals surface area contributed by atoms with Gasteiger partial charge in [0.1, 0.15) is 0 Å². The lowest BCUT2D eigenvalue weighted by Gasteiger charge is -2.15. The van der Waals surface area contributed by atoms with Crippen LogP contribution in [0.15, 0.2) is 54.7 Å². The number of fused-ring (bicyclic) bond motifs is 1. The second kappa shape index (κ2) is 7.56. The zero-order valence-electron chi connectivity index (χ0n) is 15.2. The van der Waals surface area contributed by atoms with Crippen molar-refractivity contribution < 1.29 is 4.79 Å². The van der Waals surface area contributed by atoms with Crippen LogP contribution in [0, 0.1) is 5.92 Å². The number of para-hydroxylation sites is 1. The predicted octanol–water partition coefficient (Wildman–Crippen LogP) is 4.79. The van der Waals surface area contributed by atoms with Crippen LogP contribution in [-0.4, -0.2) is 10.9 Å². The summed E-state index contributed by atoms with van der Waals surface area (Å²) in [5.74, 6) is 0.697. The van der Waals surface area contributed by atoms with Gasteiger partial charge in [-0.05, 0) is 42.0 Å². The maximum absolute atomic E-state index is 12.4. The van der Waals surface area contributed by atoms with Gasteiger partial charge in [-0.1, -0.05) is 56.3 Å². The van der Waals surface area contributed by atoms with Crippen LogP contribution in [0.25, 0.3) is 10.9 Å². The quantitative estimate of drug-likeness (QED) is 0.669. The molecule has 1 amide bonds. The second-order valence-electron chi connectivity index (χ2n) is 7.17. The minimum Gasteiger partial charge on any atom is -0.361 e. The molecular formula is C22H26N2O. The summed E-state index contributed by atoms with van der Waals surface area (Å²) < 4.78 is 0. The number of carbonyl (C=O) groups is 1. The first kappa shape index (κ1) is 17.3. The Kier molecular flexibility index (Phi) is 5.22. The Morgan fingerprint density at radius 3 is 2.48 bits per heavy atom. The van der Waals surface area contributed by atoms with Gasteiger partial charge in [0.15, 0.2) is 0 Å². The van der Waals surface area contributed by atoms with Gasteiger partial charge in [0, 0.05) is 17.1 Å². The van der Waals surface area contributed by atoms with Gasteiger partial charge >= 0.3 is 0 Å². The molecule has 2 aromatic carbocycles. The third-order valence-electron chi connectivity index (χ3n) is 4.53. The van der Waals surface area contributed by atoms with E-state index < -0.39 is 0 Å². The Morgan fingerprint density at radius 1 is 1.04 bits per heavy atom. The molecule has 0 aliphatic rings. The Hall–Kier alpha value is -2.55. The maximum atomic E-state index is 12.4. The van der Waals surface area contributed by atoms with Crippen LogP contribution in [0.2, 0.25) is 0 Å². The molecule has 3 aromatic rings. The lowest BCUT2D eigenvalue weighted by atomic mass is 10.00. The summed E-state index contributed by atoms with van der Waals surface area (Å²) in [6.45, 7) is 6.48. The van der Waals surface area contributed by atoms with Crippen LogP contribution in [-0.2, 0) is 17.6 Å². The van der Waals surface area contributed by atoms with E-state index in [1.807, 2.05) is 37.4 Å². The number of H-pyrrole nitrogens is 1. The summed E-state index contributed by atoms with van der Waals surface area (Å²) in [5, 5.41) is 4.22. The summed E-state index contributed by atoms with van der Waals surface area (Å²) in [4.78, 5) is 15.6. The lowest BCUT2D eigenvalue weighted by molar-refractivity contribution is -0.121. The average Bonchev–Trinajstić information content (AvgIpc) is 2.98. The molecule has 0 aliphatic heterocycles. The van der Waals surface area contributed by atoms with Crippen molar-refractivity contribution >= 4 is 16.8 Å². The monoisotopic (exact) mass is 334 g/mol. The number of benzene rings is 2. The molecule has 1 aromatic heterocycles. The van der Waals surface area contributed by atoms with E-state index in [4.69, 9.17) is 0 Å². The second-order valence-corrected chi connectivity index (χ2v) is 7.17. The highest BCUT2D eigenvalue weighted by Gasteiger charge is 2.12. The van der Waals surface area contributed by atoms with Gasteiger partial charge in [0.05, 0.1) is 12.5 Å². The standard InChI is InChI=1S/C22H26N2O/c1-15(2)12-17-8-10-18(11-9-17)16(3)24-22(25)13-19-14-23-21-7-5-4-6-20(19)21/h4-11,14-16,23H,12-13H2,1-3H3,(H,24,25). The summed E-state index contributed by atoms with van der Waals surface area (Å²) >= 11 is 0. The molecule has 0 bridgehead atoms. The highest BCUT2D eigenvalue weighted by molar-refractivity contribution is 5.88. The van der Waals surface area contributed by atoms with Crippen molar-refractivity contribution in [3.05, 3.63) is 71.4 Å². The van der Waals surface area contributed by atoms with E-state index in [0.29, 0.717) is 12.3 Å². The van der Waals surface area contributed by atoms with Crippen molar-refractivity contribution in [2.45, 2.75) is 39.7 Å². The van der Waals surface area contributed by atoms with Crippen molar-refractivity contribution in [3.8, 4) is 0 Å². The minimum absolute atomic E-state index is 0.00538. The Labute approximate surface area is 149 Å². The Morgan fingerprint density at radius 2 is 1.76 bits per heavy atom.